The highest BCUT2D eigenvalue weighted by molar-refractivity contribution is 7.94. The van der Waals surface area contributed by atoms with Crippen molar-refractivity contribution in [3.63, 3.8) is 0 Å². The predicted octanol–water partition coefficient (Wildman–Crippen LogP) is 3.04. The number of anilines is 1. The van der Waals surface area contributed by atoms with Crippen molar-refractivity contribution in [2.75, 3.05) is 11.8 Å². The average Bonchev–Trinajstić information content (AvgIpc) is 3.30. The van der Waals surface area contributed by atoms with Gasteiger partial charge in [-0.25, -0.2) is 17.2 Å². The van der Waals surface area contributed by atoms with Crippen LogP contribution in [0, 0.1) is 11.6 Å². The van der Waals surface area contributed by atoms with E-state index in [4.69, 9.17) is 0 Å². The molecule has 0 aliphatic carbocycles. The molecular weight excluding hydrogens is 448 g/mol. The Kier molecular flexibility index (Phi) is 6.66. The molecule has 7 nitrogen and oxygen atoms in total. The molecule has 0 saturated heterocycles. The van der Waals surface area contributed by atoms with E-state index >= 15 is 0 Å². The molecule has 0 aliphatic heterocycles. The van der Waals surface area contributed by atoms with Crippen LogP contribution in [0.15, 0.2) is 64.2 Å². The molecule has 0 fully saturated rings. The van der Waals surface area contributed by atoms with Crippen molar-refractivity contribution in [3.8, 4) is 0 Å². The van der Waals surface area contributed by atoms with Gasteiger partial charge in [-0.1, -0.05) is 12.1 Å². The largest absolute Gasteiger partial charge is 0.357 e. The van der Waals surface area contributed by atoms with Gasteiger partial charge in [0.2, 0.25) is 5.91 Å². The maximum absolute atomic E-state index is 13.6. The Balaban J connectivity index is 1.76. The monoisotopic (exact) mass is 465 g/mol. The minimum Gasteiger partial charge on any atom is -0.357 e. The van der Waals surface area contributed by atoms with E-state index in [2.05, 4.69) is 15.4 Å². The first-order chi connectivity index (χ1) is 14.7. The number of amides is 2. The van der Waals surface area contributed by atoms with Gasteiger partial charge in [-0.15, -0.1) is 11.3 Å². The van der Waals surface area contributed by atoms with E-state index in [1.165, 1.54) is 43.4 Å². The fourth-order valence-electron chi connectivity index (χ4n) is 2.66. The molecule has 2 amide bonds. The molecule has 0 aliphatic rings. The fraction of sp³-hybridized carbons (Fsp3) is 0.100. The SMILES string of the molecule is CNC(=O)C(NC(=O)c1ccc(NS(=O)(=O)c2cccs2)cc1)c1ccc(F)c(F)c1. The van der Waals surface area contributed by atoms with Crippen LogP contribution in [0.5, 0.6) is 0 Å². The molecular formula is C20H17F2N3O4S2. The molecule has 0 radical (unpaired) electrons. The van der Waals surface area contributed by atoms with Crippen molar-refractivity contribution in [1.29, 1.82) is 0 Å². The number of carbonyl (C=O) groups excluding carboxylic acids is 2. The molecule has 1 heterocycles. The molecule has 1 atom stereocenters. The number of likely N-dealkylation sites (N-methyl/N-ethyl adjacent to an activating group) is 1. The Hall–Kier alpha value is -3.31. The lowest BCUT2D eigenvalue weighted by Crippen LogP contribution is -2.39. The molecule has 2 aromatic carbocycles. The van der Waals surface area contributed by atoms with Gasteiger partial charge in [0.15, 0.2) is 11.6 Å². The molecule has 0 bridgehead atoms. The first kappa shape index (κ1) is 22.4. The number of thiophene rings is 1. The zero-order valence-corrected chi connectivity index (χ0v) is 17.7. The number of benzene rings is 2. The average molecular weight is 466 g/mol. The third-order valence-corrected chi connectivity index (χ3v) is 7.00. The lowest BCUT2D eigenvalue weighted by Gasteiger charge is -2.18. The van der Waals surface area contributed by atoms with Crippen LogP contribution in [-0.4, -0.2) is 27.3 Å². The zero-order chi connectivity index (χ0) is 22.6. The summed E-state index contributed by atoms with van der Waals surface area (Å²) in [5, 5.41) is 6.45. The molecule has 3 aromatic rings. The molecule has 0 saturated carbocycles. The Labute approximate surface area is 181 Å². The molecule has 1 unspecified atom stereocenters. The fourth-order valence-corrected chi connectivity index (χ4v) is 4.71. The van der Waals surface area contributed by atoms with Crippen LogP contribution in [-0.2, 0) is 14.8 Å². The maximum Gasteiger partial charge on any atom is 0.271 e. The molecule has 0 spiro atoms. The summed E-state index contributed by atoms with van der Waals surface area (Å²) in [5.41, 5.74) is 0.441. The smallest absolute Gasteiger partial charge is 0.271 e. The number of rotatable bonds is 7. The van der Waals surface area contributed by atoms with Crippen LogP contribution < -0.4 is 15.4 Å². The second-order valence-electron chi connectivity index (χ2n) is 6.31. The van der Waals surface area contributed by atoms with Crippen molar-refractivity contribution in [1.82, 2.24) is 10.6 Å². The Morgan fingerprint density at radius 3 is 2.29 bits per heavy atom. The first-order valence-corrected chi connectivity index (χ1v) is 11.2. The van der Waals surface area contributed by atoms with Gasteiger partial charge < -0.3 is 10.6 Å². The second-order valence-corrected chi connectivity index (χ2v) is 9.17. The number of sulfonamides is 1. The zero-order valence-electron chi connectivity index (χ0n) is 16.1. The highest BCUT2D eigenvalue weighted by Crippen LogP contribution is 2.21. The molecule has 3 N–H and O–H groups in total. The third-order valence-electron chi connectivity index (χ3n) is 4.22. The summed E-state index contributed by atoms with van der Waals surface area (Å²) in [6.45, 7) is 0. The minimum atomic E-state index is -3.73. The van der Waals surface area contributed by atoms with Crippen LogP contribution in [0.1, 0.15) is 22.0 Å². The van der Waals surface area contributed by atoms with Crippen LogP contribution in [0.4, 0.5) is 14.5 Å². The van der Waals surface area contributed by atoms with E-state index < -0.39 is 39.5 Å². The minimum absolute atomic E-state index is 0.0620. The molecule has 31 heavy (non-hydrogen) atoms. The quantitative estimate of drug-likeness (QED) is 0.499. The third kappa shape index (κ3) is 5.25. The summed E-state index contributed by atoms with van der Waals surface area (Å²) in [6.07, 6.45) is 0. The van der Waals surface area contributed by atoms with Gasteiger partial charge >= 0.3 is 0 Å². The molecule has 162 valence electrons. The molecule has 11 heteroatoms. The summed E-state index contributed by atoms with van der Waals surface area (Å²) in [5.74, 6) is -3.51. The summed E-state index contributed by atoms with van der Waals surface area (Å²) in [6, 6.07) is 10.2. The number of hydrogen-bond donors (Lipinski definition) is 3. The normalized spacial score (nSPS) is 12.1. The second kappa shape index (κ2) is 9.23. The summed E-state index contributed by atoms with van der Waals surface area (Å²) >= 11 is 1.07. The lowest BCUT2D eigenvalue weighted by molar-refractivity contribution is -0.122. The van der Waals surface area contributed by atoms with Gasteiger partial charge in [-0.05, 0) is 53.4 Å². The van der Waals surface area contributed by atoms with E-state index in [9.17, 15) is 26.8 Å². The van der Waals surface area contributed by atoms with Crippen molar-refractivity contribution in [2.24, 2.45) is 0 Å². The summed E-state index contributed by atoms with van der Waals surface area (Å²) in [4.78, 5) is 24.8. The van der Waals surface area contributed by atoms with Crippen molar-refractivity contribution >= 4 is 38.9 Å². The highest BCUT2D eigenvalue weighted by atomic mass is 32.2. The number of hydrogen-bond acceptors (Lipinski definition) is 5. The Bertz CT molecular complexity index is 1200. The van der Waals surface area contributed by atoms with Crippen molar-refractivity contribution in [3.05, 3.63) is 82.7 Å². The number of halogens is 2. The van der Waals surface area contributed by atoms with Crippen LogP contribution in [0.2, 0.25) is 0 Å². The number of nitrogens with one attached hydrogen (secondary N) is 3. The van der Waals surface area contributed by atoms with Crippen LogP contribution in [0.25, 0.3) is 0 Å². The van der Waals surface area contributed by atoms with Gasteiger partial charge in [0, 0.05) is 18.3 Å². The van der Waals surface area contributed by atoms with Gasteiger partial charge in [-0.2, -0.15) is 0 Å². The van der Waals surface area contributed by atoms with Gasteiger partial charge in [0.25, 0.3) is 15.9 Å². The Morgan fingerprint density at radius 2 is 1.71 bits per heavy atom. The molecule has 1 aromatic heterocycles. The van der Waals surface area contributed by atoms with Gasteiger partial charge in [-0.3, -0.25) is 14.3 Å². The molecule has 3 rings (SSSR count). The van der Waals surface area contributed by atoms with Crippen LogP contribution >= 0.6 is 11.3 Å². The first-order valence-electron chi connectivity index (χ1n) is 8.85. The van der Waals surface area contributed by atoms with E-state index in [-0.39, 0.29) is 21.0 Å². The summed E-state index contributed by atoms with van der Waals surface area (Å²) in [7, 11) is -2.39. The van der Waals surface area contributed by atoms with Crippen molar-refractivity contribution < 1.29 is 26.8 Å². The summed E-state index contributed by atoms with van der Waals surface area (Å²) < 4.78 is 53.9. The van der Waals surface area contributed by atoms with E-state index in [0.717, 1.165) is 23.5 Å². The van der Waals surface area contributed by atoms with Crippen LogP contribution in [0.3, 0.4) is 0 Å². The standard InChI is InChI=1S/C20H17F2N3O4S2/c1-23-20(27)18(13-6-9-15(21)16(22)11-13)24-19(26)12-4-7-14(8-5-12)25-31(28,29)17-3-2-10-30-17/h2-11,18,25H,1H3,(H,23,27)(H,24,26). The highest BCUT2D eigenvalue weighted by Gasteiger charge is 2.24. The van der Waals surface area contributed by atoms with E-state index in [1.807, 2.05) is 0 Å². The topological polar surface area (TPSA) is 104 Å². The van der Waals surface area contributed by atoms with Crippen molar-refractivity contribution in [2.45, 2.75) is 10.3 Å². The van der Waals surface area contributed by atoms with E-state index in [0.29, 0.717) is 0 Å². The van der Waals surface area contributed by atoms with E-state index in [1.54, 1.807) is 11.4 Å². The van der Waals surface area contributed by atoms with Gasteiger partial charge in [0.1, 0.15) is 10.3 Å². The predicted molar refractivity (Wildman–Crippen MR) is 112 cm³/mol. The Morgan fingerprint density at radius 1 is 1.00 bits per heavy atom. The lowest BCUT2D eigenvalue weighted by atomic mass is 10.0. The van der Waals surface area contributed by atoms with Gasteiger partial charge in [0.05, 0.1) is 0 Å². The number of carbonyl (C=O) groups is 2. The maximum atomic E-state index is 13.6.